The van der Waals surface area contributed by atoms with Crippen LogP contribution < -0.4 is 4.90 Å². The maximum atomic E-state index is 11.7. The molecule has 4 nitrogen and oxygen atoms in total. The Morgan fingerprint density at radius 2 is 2.25 bits per heavy atom. The molecule has 1 aromatic heterocycles. The van der Waals surface area contributed by atoms with Crippen molar-refractivity contribution in [2.75, 3.05) is 11.9 Å². The molecule has 0 atom stereocenters. The molecule has 0 aliphatic carbocycles. The minimum Gasteiger partial charge on any atom is -0.443 e. The van der Waals surface area contributed by atoms with Crippen LogP contribution in [0.4, 0.5) is 9.93 Å². The van der Waals surface area contributed by atoms with E-state index in [-0.39, 0.29) is 0 Å². The van der Waals surface area contributed by atoms with Crippen molar-refractivity contribution >= 4 is 22.6 Å². The summed E-state index contributed by atoms with van der Waals surface area (Å²) in [4.78, 5) is 17.7. The first kappa shape index (κ1) is 12.5. The second-order valence-corrected chi connectivity index (χ2v) is 5.20. The fraction of sp³-hybridized carbons (Fsp3) is 0.455. The standard InChI is InChI=1S/C11H14N2O2S/c1-6-8-7-12-9(16-8)13(5)10(14)15-11(2,3)4/h1,7H,2-5H3. The van der Waals surface area contributed by atoms with Crippen molar-refractivity contribution in [1.29, 1.82) is 0 Å². The molecule has 1 rings (SSSR count). The molecule has 0 aliphatic rings. The summed E-state index contributed by atoms with van der Waals surface area (Å²) in [6.07, 6.45) is 6.34. The minimum atomic E-state index is -0.516. The Morgan fingerprint density at radius 3 is 2.69 bits per heavy atom. The zero-order chi connectivity index (χ0) is 12.3. The van der Waals surface area contributed by atoms with Gasteiger partial charge in [-0.1, -0.05) is 17.3 Å². The molecule has 0 N–H and O–H groups in total. The van der Waals surface area contributed by atoms with Crippen LogP contribution in [0.25, 0.3) is 0 Å². The van der Waals surface area contributed by atoms with E-state index in [0.29, 0.717) is 10.0 Å². The highest BCUT2D eigenvalue weighted by Gasteiger charge is 2.22. The van der Waals surface area contributed by atoms with Crippen LogP contribution in [-0.4, -0.2) is 23.7 Å². The van der Waals surface area contributed by atoms with Crippen LogP contribution in [-0.2, 0) is 4.74 Å². The largest absolute Gasteiger partial charge is 0.443 e. The summed E-state index contributed by atoms with van der Waals surface area (Å²) in [6, 6.07) is 0. The van der Waals surface area contributed by atoms with Gasteiger partial charge in [-0.2, -0.15) is 0 Å². The lowest BCUT2D eigenvalue weighted by Crippen LogP contribution is -2.34. The van der Waals surface area contributed by atoms with Crippen molar-refractivity contribution in [1.82, 2.24) is 4.98 Å². The molecule has 0 bridgehead atoms. The summed E-state index contributed by atoms with van der Waals surface area (Å²) in [6.45, 7) is 5.44. The van der Waals surface area contributed by atoms with Gasteiger partial charge in [0.05, 0.1) is 11.1 Å². The van der Waals surface area contributed by atoms with Crippen molar-refractivity contribution in [3.8, 4) is 12.3 Å². The van der Waals surface area contributed by atoms with Crippen LogP contribution in [0.1, 0.15) is 25.6 Å². The monoisotopic (exact) mass is 238 g/mol. The van der Waals surface area contributed by atoms with Crippen LogP contribution in [0.5, 0.6) is 0 Å². The molecule has 0 saturated heterocycles. The van der Waals surface area contributed by atoms with E-state index in [9.17, 15) is 4.79 Å². The molecule has 0 saturated carbocycles. The first-order valence-electron chi connectivity index (χ1n) is 4.72. The number of anilines is 1. The summed E-state index contributed by atoms with van der Waals surface area (Å²) in [5.41, 5.74) is -0.516. The number of nitrogens with zero attached hydrogens (tertiary/aromatic N) is 2. The van der Waals surface area contributed by atoms with Gasteiger partial charge in [0, 0.05) is 7.05 Å². The van der Waals surface area contributed by atoms with E-state index >= 15 is 0 Å². The number of thiazole rings is 1. The third-order valence-corrected chi connectivity index (χ3v) is 2.60. The lowest BCUT2D eigenvalue weighted by molar-refractivity contribution is 0.0589. The number of amides is 1. The zero-order valence-electron chi connectivity index (χ0n) is 9.77. The Morgan fingerprint density at radius 1 is 1.62 bits per heavy atom. The highest BCUT2D eigenvalue weighted by molar-refractivity contribution is 7.16. The van der Waals surface area contributed by atoms with Gasteiger partial charge in [-0.3, -0.25) is 4.90 Å². The number of ether oxygens (including phenoxy) is 1. The highest BCUT2D eigenvalue weighted by Crippen LogP contribution is 2.22. The van der Waals surface area contributed by atoms with Crippen molar-refractivity contribution in [3.05, 3.63) is 11.1 Å². The smallest absolute Gasteiger partial charge is 0.416 e. The fourth-order valence-electron chi connectivity index (χ4n) is 0.895. The Labute approximate surface area is 99.2 Å². The summed E-state index contributed by atoms with van der Waals surface area (Å²) in [5.74, 6) is 2.47. The Hall–Kier alpha value is -1.54. The first-order valence-corrected chi connectivity index (χ1v) is 5.54. The van der Waals surface area contributed by atoms with Crippen molar-refractivity contribution in [2.24, 2.45) is 0 Å². The predicted molar refractivity (Wildman–Crippen MR) is 64.7 cm³/mol. The van der Waals surface area contributed by atoms with E-state index in [1.54, 1.807) is 13.2 Å². The normalized spacial score (nSPS) is 10.7. The van der Waals surface area contributed by atoms with Gasteiger partial charge >= 0.3 is 6.09 Å². The van der Waals surface area contributed by atoms with Crippen molar-refractivity contribution < 1.29 is 9.53 Å². The van der Waals surface area contributed by atoms with Crippen molar-refractivity contribution in [3.63, 3.8) is 0 Å². The van der Waals surface area contributed by atoms with E-state index in [1.165, 1.54) is 16.2 Å². The fourth-order valence-corrected chi connectivity index (χ4v) is 1.57. The lowest BCUT2D eigenvalue weighted by Gasteiger charge is -2.23. The van der Waals surface area contributed by atoms with Gasteiger partial charge in [0.1, 0.15) is 5.60 Å². The number of aromatic nitrogens is 1. The Balaban J connectivity index is 2.75. The molecule has 0 aliphatic heterocycles. The van der Waals surface area contributed by atoms with Gasteiger partial charge < -0.3 is 4.74 Å². The van der Waals surface area contributed by atoms with E-state index in [0.717, 1.165) is 0 Å². The Kier molecular flexibility index (Phi) is 3.55. The summed E-state index contributed by atoms with van der Waals surface area (Å²) >= 11 is 1.27. The van der Waals surface area contributed by atoms with E-state index in [2.05, 4.69) is 10.9 Å². The van der Waals surface area contributed by atoms with Crippen LogP contribution >= 0.6 is 11.3 Å². The molecule has 0 unspecified atom stereocenters. The minimum absolute atomic E-state index is 0.439. The van der Waals surface area contributed by atoms with E-state index in [1.807, 2.05) is 20.8 Å². The molecule has 0 aromatic carbocycles. The molecule has 1 aromatic rings. The second kappa shape index (κ2) is 4.54. The van der Waals surface area contributed by atoms with Gasteiger partial charge in [-0.25, -0.2) is 9.78 Å². The first-order chi connectivity index (χ1) is 7.33. The number of hydrogen-bond acceptors (Lipinski definition) is 4. The zero-order valence-corrected chi connectivity index (χ0v) is 10.6. The molecule has 5 heteroatoms. The van der Waals surface area contributed by atoms with Crippen LogP contribution in [0.3, 0.4) is 0 Å². The summed E-state index contributed by atoms with van der Waals surface area (Å²) < 4.78 is 5.20. The number of hydrogen-bond donors (Lipinski definition) is 0. The van der Waals surface area contributed by atoms with E-state index < -0.39 is 11.7 Å². The molecular weight excluding hydrogens is 224 g/mol. The molecular formula is C11H14N2O2S. The second-order valence-electron chi connectivity index (χ2n) is 4.19. The van der Waals surface area contributed by atoms with Crippen LogP contribution in [0.15, 0.2) is 6.20 Å². The number of rotatable bonds is 1. The van der Waals surface area contributed by atoms with Gasteiger partial charge in [0.2, 0.25) is 0 Å². The summed E-state index contributed by atoms with van der Waals surface area (Å²) in [5, 5.41) is 0.530. The quantitative estimate of drug-likeness (QED) is 0.706. The molecule has 1 amide bonds. The molecule has 16 heavy (non-hydrogen) atoms. The molecule has 1 heterocycles. The van der Waals surface area contributed by atoms with Gasteiger partial charge in [0.15, 0.2) is 5.13 Å². The Bertz CT molecular complexity index is 426. The van der Waals surface area contributed by atoms with Crippen molar-refractivity contribution in [2.45, 2.75) is 26.4 Å². The lowest BCUT2D eigenvalue weighted by atomic mass is 10.2. The third-order valence-electron chi connectivity index (χ3n) is 1.59. The SMILES string of the molecule is C#Cc1cnc(N(C)C(=O)OC(C)(C)C)s1. The molecule has 0 spiro atoms. The number of terminal acetylenes is 1. The maximum Gasteiger partial charge on any atom is 0.416 e. The molecule has 86 valence electrons. The van der Waals surface area contributed by atoms with Crippen LogP contribution in [0, 0.1) is 12.3 Å². The predicted octanol–water partition coefficient (Wildman–Crippen LogP) is 2.50. The average Bonchev–Trinajstić information content (AvgIpc) is 2.61. The number of carbonyl (C=O) groups is 1. The maximum absolute atomic E-state index is 11.7. The highest BCUT2D eigenvalue weighted by atomic mass is 32.1. The van der Waals surface area contributed by atoms with Gasteiger partial charge in [-0.05, 0) is 20.8 Å². The summed E-state index contributed by atoms with van der Waals surface area (Å²) in [7, 11) is 1.60. The topological polar surface area (TPSA) is 42.4 Å². The van der Waals surface area contributed by atoms with Crippen LogP contribution in [0.2, 0.25) is 0 Å². The van der Waals surface area contributed by atoms with Gasteiger partial charge in [0.25, 0.3) is 0 Å². The van der Waals surface area contributed by atoms with E-state index in [4.69, 9.17) is 11.2 Å². The molecule has 0 radical (unpaired) electrons. The third kappa shape index (κ3) is 3.24. The molecule has 0 fully saturated rings. The van der Waals surface area contributed by atoms with Gasteiger partial charge in [-0.15, -0.1) is 6.42 Å². The average molecular weight is 238 g/mol. The number of carbonyl (C=O) groups excluding carboxylic acids is 1.